The Morgan fingerprint density at radius 2 is 1.14 bits per heavy atom. The monoisotopic (exact) mass is 336 g/mol. The molecule has 0 fully saturated rings. The van der Waals surface area contributed by atoms with Crippen LogP contribution in [0, 0.1) is 17.5 Å². The van der Waals surface area contributed by atoms with Gasteiger partial charge < -0.3 is 13.3 Å². The van der Waals surface area contributed by atoms with Crippen molar-refractivity contribution in [2.24, 2.45) is 0 Å². The van der Waals surface area contributed by atoms with Crippen LogP contribution in [0.1, 0.15) is 20.8 Å². The van der Waals surface area contributed by atoms with E-state index in [0.717, 1.165) is 20.8 Å². The number of hydrogen-bond acceptors (Lipinski definition) is 6. The molecule has 0 heterocycles. The number of carbonyl (C=O) groups is 3. The van der Waals surface area contributed by atoms with Crippen molar-refractivity contribution in [3.8, 4) is 0 Å². The van der Waals surface area contributed by atoms with Crippen LogP contribution in [0.25, 0.3) is 0 Å². The normalized spacial score (nSPS) is 10.8. The van der Waals surface area contributed by atoms with Gasteiger partial charge in [0.1, 0.15) is 22.6 Å². The molecule has 0 spiro atoms. The van der Waals surface area contributed by atoms with Gasteiger partial charge in [0.05, 0.1) is 0 Å². The summed E-state index contributed by atoms with van der Waals surface area (Å²) in [7, 11) is -4.94. The zero-order chi connectivity index (χ0) is 17.1. The van der Waals surface area contributed by atoms with Gasteiger partial charge in [0.25, 0.3) is 17.9 Å². The topological polar surface area (TPSA) is 78.9 Å². The Labute approximate surface area is 124 Å². The number of hydrogen-bond donors (Lipinski definition) is 0. The summed E-state index contributed by atoms with van der Waals surface area (Å²) in [6.45, 7) is 2.57. The van der Waals surface area contributed by atoms with Crippen molar-refractivity contribution < 1.29 is 40.8 Å². The van der Waals surface area contributed by atoms with Crippen LogP contribution in [0.3, 0.4) is 0 Å². The molecule has 0 aromatic heterocycles. The molecule has 1 rings (SSSR count). The Balaban J connectivity index is 3.62. The van der Waals surface area contributed by atoms with Crippen LogP contribution in [0.5, 0.6) is 0 Å². The van der Waals surface area contributed by atoms with Crippen molar-refractivity contribution in [1.82, 2.24) is 0 Å². The van der Waals surface area contributed by atoms with Crippen LogP contribution in [-0.2, 0) is 27.7 Å². The van der Waals surface area contributed by atoms with Gasteiger partial charge in [-0.05, 0) is 0 Å². The zero-order valence-electron chi connectivity index (χ0n) is 11.7. The fraction of sp³-hybridized carbons (Fsp3) is 0.250. The first-order valence-corrected chi connectivity index (χ1v) is 7.53. The third-order valence-electron chi connectivity index (χ3n) is 2.15. The smallest absolute Gasteiger partial charge is 0.452 e. The minimum absolute atomic E-state index is 0.274. The number of rotatable bonds is 4. The van der Waals surface area contributed by atoms with Crippen LogP contribution >= 0.6 is 0 Å². The molecule has 0 saturated heterocycles. The van der Waals surface area contributed by atoms with E-state index in [-0.39, 0.29) is 12.1 Å². The van der Waals surface area contributed by atoms with Crippen molar-refractivity contribution in [2.75, 3.05) is 0 Å². The molecule has 0 aliphatic heterocycles. The highest BCUT2D eigenvalue weighted by atomic mass is 28.4. The molecule has 22 heavy (non-hydrogen) atoms. The van der Waals surface area contributed by atoms with E-state index < -0.39 is 49.4 Å². The van der Waals surface area contributed by atoms with Gasteiger partial charge in [0, 0.05) is 32.9 Å². The molecule has 6 nitrogen and oxygen atoms in total. The van der Waals surface area contributed by atoms with Crippen molar-refractivity contribution >= 4 is 31.9 Å². The second kappa shape index (κ2) is 6.60. The minimum atomic E-state index is -4.94. The van der Waals surface area contributed by atoms with Crippen LogP contribution < -0.4 is 5.19 Å². The summed E-state index contributed by atoms with van der Waals surface area (Å²) in [6, 6.07) is 0.549. The fourth-order valence-electron chi connectivity index (χ4n) is 1.62. The summed E-state index contributed by atoms with van der Waals surface area (Å²) in [6.07, 6.45) is 0. The van der Waals surface area contributed by atoms with Crippen LogP contribution in [0.2, 0.25) is 0 Å². The van der Waals surface area contributed by atoms with E-state index in [9.17, 15) is 27.6 Å². The Kier molecular flexibility index (Phi) is 5.31. The van der Waals surface area contributed by atoms with Gasteiger partial charge >= 0.3 is 8.80 Å². The van der Waals surface area contributed by atoms with Gasteiger partial charge in [0.15, 0.2) is 0 Å². The van der Waals surface area contributed by atoms with Crippen LogP contribution in [0.4, 0.5) is 13.2 Å². The van der Waals surface area contributed by atoms with Gasteiger partial charge in [-0.25, -0.2) is 13.2 Å². The van der Waals surface area contributed by atoms with E-state index in [0.29, 0.717) is 0 Å². The highest BCUT2D eigenvalue weighted by molar-refractivity contribution is 6.79. The quantitative estimate of drug-likeness (QED) is 0.762. The molecule has 0 atom stereocenters. The Hall–Kier alpha value is -2.36. The first kappa shape index (κ1) is 17.7. The molecule has 1 aromatic carbocycles. The summed E-state index contributed by atoms with van der Waals surface area (Å²) in [5.41, 5.74) is 0. The Bertz CT molecular complexity index is 569. The maximum Gasteiger partial charge on any atom is 0.749 e. The lowest BCUT2D eigenvalue weighted by molar-refractivity contribution is -0.146. The Morgan fingerprint density at radius 3 is 1.41 bits per heavy atom. The molecule has 0 N–H and O–H groups in total. The first-order chi connectivity index (χ1) is 10.1. The molecule has 0 amide bonds. The van der Waals surface area contributed by atoms with Crippen molar-refractivity contribution in [2.45, 2.75) is 20.8 Å². The maximum atomic E-state index is 13.9. The van der Waals surface area contributed by atoms with Crippen molar-refractivity contribution in [3.05, 3.63) is 29.6 Å². The van der Waals surface area contributed by atoms with Gasteiger partial charge in [0.2, 0.25) is 0 Å². The van der Waals surface area contributed by atoms with Gasteiger partial charge in [-0.2, -0.15) is 0 Å². The van der Waals surface area contributed by atoms with E-state index in [4.69, 9.17) is 0 Å². The molecule has 0 aliphatic carbocycles. The summed E-state index contributed by atoms with van der Waals surface area (Å²) >= 11 is 0. The largest absolute Gasteiger partial charge is 0.749 e. The summed E-state index contributed by atoms with van der Waals surface area (Å²) < 4.78 is 54.8. The summed E-state index contributed by atoms with van der Waals surface area (Å²) in [4.78, 5) is 33.6. The molecular formula is C12H11F3O6Si. The van der Waals surface area contributed by atoms with Crippen LogP contribution in [0.15, 0.2) is 12.1 Å². The number of benzene rings is 1. The van der Waals surface area contributed by atoms with E-state index in [1.54, 1.807) is 0 Å². The average Bonchev–Trinajstić information content (AvgIpc) is 2.22. The second-order valence-corrected chi connectivity index (χ2v) is 6.31. The third kappa shape index (κ3) is 4.07. The molecule has 120 valence electrons. The maximum absolute atomic E-state index is 13.9. The predicted octanol–water partition coefficient (Wildman–Crippen LogP) is 0.939. The Morgan fingerprint density at radius 1 is 0.818 bits per heavy atom. The second-order valence-electron chi connectivity index (χ2n) is 4.08. The molecule has 0 aliphatic rings. The van der Waals surface area contributed by atoms with E-state index >= 15 is 0 Å². The SMILES string of the molecule is CC(=O)O[Si](OC(C)=O)(OC(C)=O)c1c(F)cc(F)cc1F. The molecule has 0 radical (unpaired) electrons. The lowest BCUT2D eigenvalue weighted by Crippen LogP contribution is -2.61. The lowest BCUT2D eigenvalue weighted by atomic mass is 10.3. The summed E-state index contributed by atoms with van der Waals surface area (Å²) in [5, 5.41) is -1.12. The highest BCUT2D eigenvalue weighted by Crippen LogP contribution is 2.17. The minimum Gasteiger partial charge on any atom is -0.452 e. The highest BCUT2D eigenvalue weighted by Gasteiger charge is 2.58. The molecule has 0 saturated carbocycles. The van der Waals surface area contributed by atoms with E-state index in [2.05, 4.69) is 13.3 Å². The van der Waals surface area contributed by atoms with Crippen molar-refractivity contribution in [3.63, 3.8) is 0 Å². The van der Waals surface area contributed by atoms with Gasteiger partial charge in [-0.1, -0.05) is 0 Å². The van der Waals surface area contributed by atoms with Crippen LogP contribution in [-0.4, -0.2) is 26.7 Å². The molecule has 0 bridgehead atoms. The standard InChI is InChI=1S/C12H11F3O6Si/c1-6(16)19-22(20-7(2)17,21-8(3)18)12-10(14)4-9(13)5-11(12)15/h4-5H,1-3H3. The van der Waals surface area contributed by atoms with E-state index in [1.807, 2.05) is 0 Å². The van der Waals surface area contributed by atoms with Crippen molar-refractivity contribution in [1.29, 1.82) is 0 Å². The number of halogens is 3. The zero-order valence-corrected chi connectivity index (χ0v) is 12.7. The third-order valence-corrected chi connectivity index (χ3v) is 4.91. The predicted molar refractivity (Wildman–Crippen MR) is 67.0 cm³/mol. The molecule has 10 heteroatoms. The lowest BCUT2D eigenvalue weighted by Gasteiger charge is -2.26. The van der Waals surface area contributed by atoms with Gasteiger partial charge in [-0.15, -0.1) is 0 Å². The summed E-state index contributed by atoms with van der Waals surface area (Å²) in [5.74, 6) is -7.64. The van der Waals surface area contributed by atoms with E-state index in [1.165, 1.54) is 0 Å². The fourth-order valence-corrected chi connectivity index (χ4v) is 3.91. The first-order valence-electron chi connectivity index (χ1n) is 5.81. The molecule has 1 aromatic rings. The average molecular weight is 336 g/mol. The van der Waals surface area contributed by atoms with Gasteiger partial charge in [-0.3, -0.25) is 14.4 Å². The molecular weight excluding hydrogens is 325 g/mol. The molecule has 0 unspecified atom stereocenters. The number of carbonyl (C=O) groups excluding carboxylic acids is 3.